The molecule has 2 heterocycles. The third kappa shape index (κ3) is 10.7. The lowest BCUT2D eigenvalue weighted by atomic mass is 9.84. The van der Waals surface area contributed by atoms with Gasteiger partial charge in [-0.1, -0.05) is 182 Å². The smallest absolute Gasteiger partial charge is 0.335 e. The number of benzene rings is 8. The summed E-state index contributed by atoms with van der Waals surface area (Å²) >= 11 is 1.94. The normalized spacial score (nSPS) is 16.1. The summed E-state index contributed by atoms with van der Waals surface area (Å²) in [6.45, 7) is 3.10. The molecule has 1 amide bonds. The Labute approximate surface area is 437 Å². The van der Waals surface area contributed by atoms with Crippen LogP contribution in [0.1, 0.15) is 47.9 Å². The van der Waals surface area contributed by atoms with Gasteiger partial charge in [-0.3, -0.25) is 14.6 Å². The van der Waals surface area contributed by atoms with Gasteiger partial charge >= 0.3 is 5.97 Å². The number of hydrogen-bond acceptors (Lipinski definition) is 6. The van der Waals surface area contributed by atoms with Crippen molar-refractivity contribution >= 4 is 50.0 Å². The molecule has 1 N–H and O–H groups in total. The summed E-state index contributed by atoms with van der Waals surface area (Å²) in [5.41, 5.74) is 6.70. The van der Waals surface area contributed by atoms with Crippen molar-refractivity contribution in [3.8, 4) is 0 Å². The number of carbonyl (C=O) groups is 2. The molecule has 2 aliphatic heterocycles. The molecule has 2 bridgehead atoms. The molecule has 0 radical (unpaired) electrons. The van der Waals surface area contributed by atoms with Crippen LogP contribution in [-0.2, 0) is 19.1 Å². The largest absolute Gasteiger partial charge is 0.466 e. The number of thioether (sulfide) groups is 1. The second-order valence-electron chi connectivity index (χ2n) is 19.1. The first-order valence-corrected chi connectivity index (χ1v) is 28.6. The van der Waals surface area contributed by atoms with Crippen LogP contribution in [0.15, 0.2) is 245 Å². The van der Waals surface area contributed by atoms with Crippen LogP contribution >= 0.6 is 21.8 Å². The van der Waals surface area contributed by atoms with Crippen LogP contribution in [0.25, 0.3) is 16.3 Å². The average molecular weight is 1000 g/mol. The van der Waals surface area contributed by atoms with E-state index in [0.717, 1.165) is 67.0 Å². The Morgan fingerprint density at radius 1 is 0.630 bits per heavy atom. The minimum absolute atomic E-state index is 0.00943. The van der Waals surface area contributed by atoms with Crippen LogP contribution in [-0.4, -0.2) is 85.1 Å². The van der Waals surface area contributed by atoms with Gasteiger partial charge in [0.25, 0.3) is 0 Å². The number of rotatable bonds is 21. The highest BCUT2D eigenvalue weighted by Crippen LogP contribution is 2.67. The lowest BCUT2D eigenvalue weighted by Crippen LogP contribution is -2.45. The van der Waals surface area contributed by atoms with Gasteiger partial charge in [0.15, 0.2) is 0 Å². The van der Waals surface area contributed by atoms with E-state index in [4.69, 9.17) is 4.74 Å². The highest BCUT2D eigenvalue weighted by Gasteiger charge is 2.44. The van der Waals surface area contributed by atoms with Gasteiger partial charge in [0.2, 0.25) is 5.91 Å². The number of methoxy groups -OCH3 is 1. The second-order valence-corrected chi connectivity index (χ2v) is 23.7. The summed E-state index contributed by atoms with van der Waals surface area (Å²) in [5, 5.41) is 5.81. The van der Waals surface area contributed by atoms with E-state index in [2.05, 4.69) is 240 Å². The summed E-state index contributed by atoms with van der Waals surface area (Å²) < 4.78 is 5.06. The number of nitrogens with one attached hydrogen (secondary N) is 1. The summed E-state index contributed by atoms with van der Waals surface area (Å²) in [6.07, 6.45) is 3.62. The molecule has 8 aromatic rings. The van der Waals surface area contributed by atoms with Crippen LogP contribution in [0, 0.1) is 0 Å². The highest BCUT2D eigenvalue weighted by atomic mass is 32.3. The van der Waals surface area contributed by atoms with Crippen molar-refractivity contribution in [1.82, 2.24) is 15.1 Å². The van der Waals surface area contributed by atoms with Crippen LogP contribution in [0.4, 0.5) is 0 Å². The lowest BCUT2D eigenvalue weighted by molar-refractivity contribution is -0.137. The number of ether oxygens (including phenoxy) is 1. The van der Waals surface area contributed by atoms with Crippen LogP contribution in [0.2, 0.25) is 0 Å². The van der Waals surface area contributed by atoms with Gasteiger partial charge in [-0.15, -0.1) is 11.8 Å². The first-order valence-electron chi connectivity index (χ1n) is 25.8. The molecule has 2 unspecified atom stereocenters. The molecule has 1 saturated heterocycles. The number of esters is 1. The first-order chi connectivity index (χ1) is 36.0. The molecule has 1 fully saturated rings. The van der Waals surface area contributed by atoms with E-state index in [0.29, 0.717) is 19.1 Å². The fourth-order valence-corrected chi connectivity index (χ4v) is 16.9. The van der Waals surface area contributed by atoms with Gasteiger partial charge in [0, 0.05) is 43.2 Å². The third-order valence-corrected chi connectivity index (χ3v) is 20.5. The molecular formula is C65H65N3O3S2. The number of nitrogens with zero attached hydrogens (tertiary/aromatic N) is 2. The number of carbonyl (C=O) groups excluding carboxylic acids is 2. The molecule has 6 nitrogen and oxygen atoms in total. The summed E-state index contributed by atoms with van der Waals surface area (Å²) in [4.78, 5) is 37.1. The van der Waals surface area contributed by atoms with Crippen molar-refractivity contribution < 1.29 is 14.3 Å². The first kappa shape index (κ1) is 49.9. The molecule has 0 spiro atoms. The van der Waals surface area contributed by atoms with Crippen LogP contribution in [0.5, 0.6) is 0 Å². The minimum Gasteiger partial charge on any atom is -0.466 e. The van der Waals surface area contributed by atoms with E-state index in [1.54, 1.807) is 0 Å². The molecule has 73 heavy (non-hydrogen) atoms. The maximum Gasteiger partial charge on any atom is 0.335 e. The Balaban J connectivity index is 0.908. The van der Waals surface area contributed by atoms with E-state index in [-0.39, 0.29) is 24.5 Å². The fraction of sp³-hybridized carbons (Fsp3) is 0.231. The Bertz CT molecular complexity index is 2910. The van der Waals surface area contributed by atoms with Crippen molar-refractivity contribution in [2.45, 2.75) is 57.2 Å². The second kappa shape index (κ2) is 23.5. The molecule has 2 atom stereocenters. The minimum atomic E-state index is -1.72. The van der Waals surface area contributed by atoms with Gasteiger partial charge in [-0.05, 0) is 128 Å². The monoisotopic (exact) mass is 999 g/mol. The van der Waals surface area contributed by atoms with E-state index >= 15 is 0 Å². The SMILES string of the molecule is COC(=O)C1=C(c2ccc3ccccc3c2)CC2CCC1N2CCCN(CCSC(c1ccccc1)(c1ccccc1)c1ccccc1)CC(=O)NCCS(c1ccccc1)(c1ccccc1)c1ccccc1. The molecule has 0 saturated carbocycles. The van der Waals surface area contributed by atoms with Gasteiger partial charge in [0.1, 0.15) is 0 Å². The highest BCUT2D eigenvalue weighted by molar-refractivity contribution is 8.33. The summed E-state index contributed by atoms with van der Waals surface area (Å²) in [5.74, 6) is 1.36. The molecule has 370 valence electrons. The zero-order chi connectivity index (χ0) is 49.9. The van der Waals surface area contributed by atoms with E-state index in [1.807, 2.05) is 11.8 Å². The van der Waals surface area contributed by atoms with Crippen molar-refractivity contribution in [2.75, 3.05) is 51.3 Å². The number of amides is 1. The van der Waals surface area contributed by atoms with Crippen LogP contribution in [0.3, 0.4) is 0 Å². The van der Waals surface area contributed by atoms with Crippen LogP contribution < -0.4 is 5.32 Å². The molecule has 8 heteroatoms. The lowest BCUT2D eigenvalue weighted by Gasteiger charge is -2.41. The third-order valence-electron chi connectivity index (χ3n) is 14.9. The Morgan fingerprint density at radius 3 is 1.67 bits per heavy atom. The molecular weight excluding hydrogens is 935 g/mol. The van der Waals surface area contributed by atoms with Gasteiger partial charge in [-0.25, -0.2) is 4.79 Å². The standard InChI is InChI=1S/C65H65N3O3S2/c1-71-64(70)63-60(52-38-37-50-23-20-21-24-51(50)47-52)48-56-39-40-61(63)68(56)43-22-42-67(44-45-72-65(53-25-8-2-9-26-53,54-27-10-3-11-28-54)55-29-12-4-13-30-55)49-62(69)66-41-46-73(57-31-14-5-15-32-57,58-33-16-6-17-34-58)59-35-18-7-19-36-59/h2-21,23-38,47,56,61H,22,39-46,48-49H2,1H3,(H,66,69). The van der Waals surface area contributed by atoms with E-state index in [9.17, 15) is 9.59 Å². The Hall–Kier alpha value is -6.68. The molecule has 8 aromatic carbocycles. The summed E-state index contributed by atoms with van der Waals surface area (Å²) in [6, 6.07) is 80.4. The Kier molecular flexibility index (Phi) is 16.0. The van der Waals surface area contributed by atoms with Gasteiger partial charge in [-0.2, -0.15) is 10.0 Å². The van der Waals surface area contributed by atoms with E-state index in [1.165, 1.54) is 49.3 Å². The zero-order valence-electron chi connectivity index (χ0n) is 41.7. The van der Waals surface area contributed by atoms with Crippen molar-refractivity contribution in [3.05, 3.63) is 252 Å². The average Bonchev–Trinajstić information content (AvgIpc) is 3.73. The van der Waals surface area contributed by atoms with E-state index < -0.39 is 14.8 Å². The fourth-order valence-electron chi connectivity index (χ4n) is 11.5. The molecule has 2 aliphatic rings. The topological polar surface area (TPSA) is 61.9 Å². The van der Waals surface area contributed by atoms with Gasteiger partial charge in [0.05, 0.1) is 24.0 Å². The quantitative estimate of drug-likeness (QED) is 0.0572. The van der Waals surface area contributed by atoms with Crippen molar-refractivity contribution in [2.24, 2.45) is 0 Å². The maximum absolute atomic E-state index is 14.5. The zero-order valence-corrected chi connectivity index (χ0v) is 43.4. The van der Waals surface area contributed by atoms with Gasteiger partial charge < -0.3 is 10.1 Å². The Morgan fingerprint density at radius 2 is 1.14 bits per heavy atom. The molecule has 0 aliphatic carbocycles. The predicted molar refractivity (Wildman–Crippen MR) is 303 cm³/mol. The molecule has 10 rings (SSSR count). The number of fused-ring (bicyclic) bond motifs is 3. The summed E-state index contributed by atoms with van der Waals surface area (Å²) in [7, 11) is -0.208. The maximum atomic E-state index is 14.5. The predicted octanol–water partition coefficient (Wildman–Crippen LogP) is 13.5. The molecule has 0 aromatic heterocycles. The van der Waals surface area contributed by atoms with Crippen molar-refractivity contribution in [3.63, 3.8) is 0 Å². The van der Waals surface area contributed by atoms with Crippen molar-refractivity contribution in [1.29, 1.82) is 0 Å². The number of hydrogen-bond donors (Lipinski definition) is 1.